The van der Waals surface area contributed by atoms with Gasteiger partial charge in [0.05, 0.1) is 6.54 Å². The van der Waals surface area contributed by atoms with Crippen molar-refractivity contribution >= 4 is 24.0 Å². The van der Waals surface area contributed by atoms with Gasteiger partial charge in [0, 0.05) is 29.4 Å². The van der Waals surface area contributed by atoms with Crippen LogP contribution in [0.15, 0.2) is 59.1 Å². The van der Waals surface area contributed by atoms with E-state index in [1.54, 1.807) is 6.20 Å². The lowest BCUT2D eigenvalue weighted by atomic mass is 10.1. The van der Waals surface area contributed by atoms with E-state index in [0.717, 1.165) is 27.7 Å². The lowest BCUT2D eigenvalue weighted by Crippen LogP contribution is -2.20. The summed E-state index contributed by atoms with van der Waals surface area (Å²) < 4.78 is 11.4. The number of furan rings is 1. The quantitative estimate of drug-likeness (QED) is 0.594. The Bertz CT molecular complexity index is 791. The molecule has 0 aliphatic carbocycles. The molecule has 2 heterocycles. The van der Waals surface area contributed by atoms with Crippen LogP contribution in [0.3, 0.4) is 0 Å². The smallest absolute Gasteiger partial charge is 0.213 e. The van der Waals surface area contributed by atoms with Crippen LogP contribution in [0.4, 0.5) is 0 Å². The molecule has 3 aromatic rings. The maximum Gasteiger partial charge on any atom is 0.213 e. The fourth-order valence-corrected chi connectivity index (χ4v) is 2.54. The predicted octanol–water partition coefficient (Wildman–Crippen LogP) is 4.89. The summed E-state index contributed by atoms with van der Waals surface area (Å²) in [5, 5.41) is 4.04. The first kappa shape index (κ1) is 19.3. The van der Waals surface area contributed by atoms with Crippen molar-refractivity contribution in [1.29, 1.82) is 0 Å². The van der Waals surface area contributed by atoms with E-state index in [9.17, 15) is 0 Å². The van der Waals surface area contributed by atoms with E-state index in [1.807, 2.05) is 55.5 Å². The van der Waals surface area contributed by atoms with Crippen molar-refractivity contribution in [2.24, 2.45) is 0 Å². The van der Waals surface area contributed by atoms with E-state index >= 15 is 0 Å². The molecule has 1 aromatic carbocycles. The number of hydrogen-bond acceptors (Lipinski definition) is 4. The standard InChI is InChI=1S/C19H19ClN2O2.ClH/c1-14-16(5-4-6-17(14)20)18-9-8-15(24-18)13-21-11-12-23-19-7-2-3-10-22-19;/h2-10,21H,11-13H2,1H3;1H. The predicted molar refractivity (Wildman–Crippen MR) is 103 cm³/mol. The largest absolute Gasteiger partial charge is 0.476 e. The van der Waals surface area contributed by atoms with Crippen LogP contribution in [0.25, 0.3) is 11.3 Å². The molecule has 0 spiro atoms. The Morgan fingerprint density at radius 1 is 1.12 bits per heavy atom. The summed E-state index contributed by atoms with van der Waals surface area (Å²) in [5.41, 5.74) is 2.05. The van der Waals surface area contributed by atoms with Gasteiger partial charge in [-0.15, -0.1) is 12.4 Å². The SMILES string of the molecule is Cc1c(Cl)cccc1-c1ccc(CNCCOc2ccccn2)o1.Cl. The van der Waals surface area contributed by atoms with Crippen molar-refractivity contribution in [2.75, 3.05) is 13.2 Å². The number of nitrogens with one attached hydrogen (secondary N) is 1. The van der Waals surface area contributed by atoms with Crippen molar-refractivity contribution in [3.8, 4) is 17.2 Å². The van der Waals surface area contributed by atoms with Crippen LogP contribution < -0.4 is 10.1 Å². The van der Waals surface area contributed by atoms with Gasteiger partial charge >= 0.3 is 0 Å². The summed E-state index contributed by atoms with van der Waals surface area (Å²) in [6.07, 6.45) is 1.71. The number of ether oxygens (including phenoxy) is 1. The number of nitrogens with zero attached hydrogens (tertiary/aromatic N) is 1. The van der Waals surface area contributed by atoms with Crippen molar-refractivity contribution in [1.82, 2.24) is 10.3 Å². The van der Waals surface area contributed by atoms with Crippen molar-refractivity contribution in [3.63, 3.8) is 0 Å². The number of pyridine rings is 1. The first-order valence-electron chi connectivity index (χ1n) is 7.83. The first-order chi connectivity index (χ1) is 11.7. The van der Waals surface area contributed by atoms with Gasteiger partial charge in [0.2, 0.25) is 5.88 Å². The van der Waals surface area contributed by atoms with E-state index in [1.165, 1.54) is 0 Å². The molecule has 0 fully saturated rings. The third-order valence-corrected chi connectivity index (χ3v) is 4.07. The molecule has 0 bridgehead atoms. The maximum atomic E-state index is 6.17. The number of benzene rings is 1. The highest BCUT2D eigenvalue weighted by molar-refractivity contribution is 6.31. The topological polar surface area (TPSA) is 47.3 Å². The molecular formula is C19H20Cl2N2O2. The number of hydrogen-bond donors (Lipinski definition) is 1. The van der Waals surface area contributed by atoms with Crippen LogP contribution in [0.2, 0.25) is 5.02 Å². The van der Waals surface area contributed by atoms with Crippen LogP contribution in [0, 0.1) is 6.92 Å². The summed E-state index contributed by atoms with van der Waals surface area (Å²) >= 11 is 6.17. The lowest BCUT2D eigenvalue weighted by molar-refractivity contribution is 0.300. The third kappa shape index (κ3) is 5.23. The Balaban J connectivity index is 0.00000225. The van der Waals surface area contributed by atoms with E-state index in [2.05, 4.69) is 10.3 Å². The van der Waals surface area contributed by atoms with Crippen LogP contribution >= 0.6 is 24.0 Å². The van der Waals surface area contributed by atoms with Gasteiger partial charge in [0.25, 0.3) is 0 Å². The van der Waals surface area contributed by atoms with Crippen LogP contribution in [0.5, 0.6) is 5.88 Å². The Kier molecular flexibility index (Phi) is 7.31. The fourth-order valence-electron chi connectivity index (χ4n) is 2.36. The molecule has 0 saturated heterocycles. The first-order valence-corrected chi connectivity index (χ1v) is 8.20. The van der Waals surface area contributed by atoms with Gasteiger partial charge in [0.15, 0.2) is 0 Å². The van der Waals surface area contributed by atoms with Crippen LogP contribution in [-0.4, -0.2) is 18.1 Å². The minimum Gasteiger partial charge on any atom is -0.476 e. The van der Waals surface area contributed by atoms with Gasteiger partial charge in [0.1, 0.15) is 18.1 Å². The third-order valence-electron chi connectivity index (χ3n) is 3.66. The van der Waals surface area contributed by atoms with Crippen molar-refractivity contribution < 1.29 is 9.15 Å². The second-order valence-electron chi connectivity index (χ2n) is 5.37. The van der Waals surface area contributed by atoms with Gasteiger partial charge in [-0.1, -0.05) is 29.8 Å². The average Bonchev–Trinajstić information content (AvgIpc) is 3.07. The highest BCUT2D eigenvalue weighted by atomic mass is 35.5. The molecule has 0 saturated carbocycles. The highest BCUT2D eigenvalue weighted by Crippen LogP contribution is 2.29. The zero-order valence-electron chi connectivity index (χ0n) is 13.9. The van der Waals surface area contributed by atoms with Crippen molar-refractivity contribution in [3.05, 3.63) is 71.1 Å². The normalized spacial score (nSPS) is 10.3. The number of aromatic nitrogens is 1. The molecule has 0 radical (unpaired) electrons. The lowest BCUT2D eigenvalue weighted by Gasteiger charge is -2.06. The fraction of sp³-hybridized carbons (Fsp3) is 0.211. The number of halogens is 2. The number of rotatable bonds is 7. The minimum absolute atomic E-state index is 0. The zero-order chi connectivity index (χ0) is 16.8. The van der Waals surface area contributed by atoms with Crippen LogP contribution in [0.1, 0.15) is 11.3 Å². The summed E-state index contributed by atoms with van der Waals surface area (Å²) in [6.45, 7) is 3.90. The molecule has 0 aliphatic heterocycles. The molecule has 0 unspecified atom stereocenters. The highest BCUT2D eigenvalue weighted by Gasteiger charge is 2.09. The molecule has 3 rings (SSSR count). The molecule has 1 N–H and O–H groups in total. The maximum absolute atomic E-state index is 6.17. The molecule has 0 atom stereocenters. The molecule has 0 amide bonds. The van der Waals surface area contributed by atoms with E-state index in [4.69, 9.17) is 20.8 Å². The molecule has 25 heavy (non-hydrogen) atoms. The van der Waals surface area contributed by atoms with Gasteiger partial charge < -0.3 is 14.5 Å². The van der Waals surface area contributed by atoms with Crippen molar-refractivity contribution in [2.45, 2.75) is 13.5 Å². The Hall–Kier alpha value is -2.01. The van der Waals surface area contributed by atoms with Gasteiger partial charge in [-0.25, -0.2) is 4.98 Å². The second kappa shape index (κ2) is 9.47. The Morgan fingerprint density at radius 2 is 2.00 bits per heavy atom. The Labute approximate surface area is 158 Å². The Morgan fingerprint density at radius 3 is 2.80 bits per heavy atom. The minimum atomic E-state index is 0. The van der Waals surface area contributed by atoms with Gasteiger partial charge in [-0.05, 0) is 36.8 Å². The second-order valence-corrected chi connectivity index (χ2v) is 5.78. The van der Waals surface area contributed by atoms with E-state index in [0.29, 0.717) is 25.6 Å². The van der Waals surface area contributed by atoms with Gasteiger partial charge in [-0.3, -0.25) is 0 Å². The summed E-state index contributed by atoms with van der Waals surface area (Å²) in [6, 6.07) is 15.4. The molecule has 0 aliphatic rings. The summed E-state index contributed by atoms with van der Waals surface area (Å²) in [5.74, 6) is 2.34. The summed E-state index contributed by atoms with van der Waals surface area (Å²) in [4.78, 5) is 4.11. The molecule has 2 aromatic heterocycles. The average molecular weight is 379 g/mol. The molecule has 132 valence electrons. The zero-order valence-corrected chi connectivity index (χ0v) is 15.4. The van der Waals surface area contributed by atoms with Gasteiger partial charge in [-0.2, -0.15) is 0 Å². The molecular weight excluding hydrogens is 359 g/mol. The van der Waals surface area contributed by atoms with Crippen LogP contribution in [-0.2, 0) is 6.54 Å². The van der Waals surface area contributed by atoms with E-state index < -0.39 is 0 Å². The van der Waals surface area contributed by atoms with E-state index in [-0.39, 0.29) is 12.4 Å². The monoisotopic (exact) mass is 378 g/mol. The summed E-state index contributed by atoms with van der Waals surface area (Å²) in [7, 11) is 0. The molecule has 6 heteroatoms. The molecule has 4 nitrogen and oxygen atoms in total.